The van der Waals surface area contributed by atoms with E-state index in [0.29, 0.717) is 10.8 Å². The molecule has 4 fully saturated rings. The fraction of sp³-hybridized carbons (Fsp3) is 0.889. The largest absolute Gasteiger partial charge is 0.392 e. The molecule has 4 saturated carbocycles. The average Bonchev–Trinajstić information content (AvgIpc) is 2.23. The maximum absolute atomic E-state index is 10.9. The molecule has 4 bridgehead atoms. The van der Waals surface area contributed by atoms with Gasteiger partial charge in [-0.25, -0.2) is 0 Å². The predicted molar refractivity (Wildman–Crippen MR) is 79.9 cm³/mol. The minimum absolute atomic E-state index is 0.151. The van der Waals surface area contributed by atoms with Gasteiger partial charge in [0, 0.05) is 0 Å². The Bertz CT molecular complexity index is 378. The van der Waals surface area contributed by atoms with Crippen LogP contribution < -0.4 is 0 Å². The van der Waals surface area contributed by atoms with Gasteiger partial charge in [0.1, 0.15) is 0 Å². The van der Waals surface area contributed by atoms with Crippen molar-refractivity contribution in [3.63, 3.8) is 0 Å². The number of rotatable bonds is 4. The Kier molecular flexibility index (Phi) is 2.95. The first-order valence-electron chi connectivity index (χ1n) is 8.13. The van der Waals surface area contributed by atoms with Crippen LogP contribution in [0.2, 0.25) is 0 Å². The van der Waals surface area contributed by atoms with E-state index in [1.165, 1.54) is 44.1 Å². The summed E-state index contributed by atoms with van der Waals surface area (Å²) in [5, 5.41) is 10.9. The van der Waals surface area contributed by atoms with Gasteiger partial charge in [-0.1, -0.05) is 32.9 Å². The van der Waals surface area contributed by atoms with Crippen molar-refractivity contribution in [3.8, 4) is 0 Å². The SMILES string of the molecule is C=C(CC)CC(O)C12CC3CC(C)(CC(C)(C3)C1)C2. The Balaban J connectivity index is 1.86. The highest BCUT2D eigenvalue weighted by atomic mass is 16.3. The van der Waals surface area contributed by atoms with Crippen LogP contribution in [0.3, 0.4) is 0 Å². The van der Waals surface area contributed by atoms with E-state index in [-0.39, 0.29) is 11.5 Å². The highest BCUT2D eigenvalue weighted by Crippen LogP contribution is 2.70. The Morgan fingerprint density at radius 3 is 2.21 bits per heavy atom. The first kappa shape index (κ1) is 13.7. The lowest BCUT2D eigenvalue weighted by molar-refractivity contribution is -0.185. The Morgan fingerprint density at radius 1 is 1.16 bits per heavy atom. The molecule has 0 heterocycles. The van der Waals surface area contributed by atoms with Crippen LogP contribution in [0.1, 0.15) is 72.1 Å². The molecular weight excluding hydrogens is 232 g/mol. The minimum Gasteiger partial charge on any atom is -0.392 e. The first-order chi connectivity index (χ1) is 8.78. The lowest BCUT2D eigenvalue weighted by Gasteiger charge is -2.66. The highest BCUT2D eigenvalue weighted by Gasteiger charge is 2.61. The van der Waals surface area contributed by atoms with Gasteiger partial charge in [0.05, 0.1) is 6.10 Å². The highest BCUT2D eigenvalue weighted by molar-refractivity contribution is 5.13. The number of aliphatic hydroxyl groups is 1. The Hall–Kier alpha value is -0.300. The molecule has 3 atom stereocenters. The lowest BCUT2D eigenvalue weighted by atomic mass is 9.39. The third kappa shape index (κ3) is 2.18. The number of aliphatic hydroxyl groups excluding tert-OH is 1. The maximum atomic E-state index is 10.9. The second kappa shape index (κ2) is 4.10. The molecule has 1 nitrogen and oxygen atoms in total. The van der Waals surface area contributed by atoms with Crippen LogP contribution in [-0.4, -0.2) is 11.2 Å². The van der Waals surface area contributed by atoms with E-state index in [1.54, 1.807) is 0 Å². The molecule has 1 N–H and O–H groups in total. The molecule has 0 amide bonds. The quantitative estimate of drug-likeness (QED) is 0.728. The standard InChI is InChI=1S/C18H30O/c1-5-13(2)6-15(19)18-9-14-7-16(3,11-18)10-17(4,8-14)12-18/h14-15,19H,2,5-12H2,1,3-4H3. The van der Waals surface area contributed by atoms with E-state index in [4.69, 9.17) is 0 Å². The van der Waals surface area contributed by atoms with Gasteiger partial charge in [-0.3, -0.25) is 0 Å². The van der Waals surface area contributed by atoms with Gasteiger partial charge in [0.2, 0.25) is 0 Å². The number of hydrogen-bond acceptors (Lipinski definition) is 1. The van der Waals surface area contributed by atoms with E-state index < -0.39 is 0 Å². The summed E-state index contributed by atoms with van der Waals surface area (Å²) in [4.78, 5) is 0. The first-order valence-corrected chi connectivity index (χ1v) is 8.13. The molecule has 0 aliphatic heterocycles. The molecule has 4 rings (SSSR count). The fourth-order valence-corrected chi connectivity index (χ4v) is 6.54. The summed E-state index contributed by atoms with van der Waals surface area (Å²) in [6.45, 7) is 11.2. The van der Waals surface area contributed by atoms with Crippen molar-refractivity contribution < 1.29 is 5.11 Å². The fourth-order valence-electron chi connectivity index (χ4n) is 6.54. The van der Waals surface area contributed by atoms with Gasteiger partial charge in [0.15, 0.2) is 0 Å². The van der Waals surface area contributed by atoms with E-state index in [1.807, 2.05) is 0 Å². The minimum atomic E-state index is -0.151. The molecule has 0 radical (unpaired) electrons. The van der Waals surface area contributed by atoms with E-state index >= 15 is 0 Å². The van der Waals surface area contributed by atoms with Crippen molar-refractivity contribution in [2.24, 2.45) is 22.2 Å². The zero-order chi connectivity index (χ0) is 13.9. The third-order valence-electron chi connectivity index (χ3n) is 6.36. The maximum Gasteiger partial charge on any atom is 0.0633 e. The lowest BCUT2D eigenvalue weighted by Crippen LogP contribution is -2.58. The van der Waals surface area contributed by atoms with Crippen molar-refractivity contribution in [1.29, 1.82) is 0 Å². The van der Waals surface area contributed by atoms with Crippen LogP contribution in [0.25, 0.3) is 0 Å². The van der Waals surface area contributed by atoms with E-state index in [2.05, 4.69) is 27.4 Å². The molecule has 0 saturated heterocycles. The van der Waals surface area contributed by atoms with Gasteiger partial charge in [-0.15, -0.1) is 0 Å². The van der Waals surface area contributed by atoms with Crippen molar-refractivity contribution in [1.82, 2.24) is 0 Å². The van der Waals surface area contributed by atoms with E-state index in [0.717, 1.165) is 18.8 Å². The van der Waals surface area contributed by atoms with Crippen LogP contribution in [0.4, 0.5) is 0 Å². The smallest absolute Gasteiger partial charge is 0.0633 e. The summed E-state index contributed by atoms with van der Waals surface area (Å²) in [6, 6.07) is 0. The summed E-state index contributed by atoms with van der Waals surface area (Å²) in [7, 11) is 0. The van der Waals surface area contributed by atoms with Crippen molar-refractivity contribution >= 4 is 0 Å². The van der Waals surface area contributed by atoms with Crippen molar-refractivity contribution in [3.05, 3.63) is 12.2 Å². The van der Waals surface area contributed by atoms with Crippen LogP contribution >= 0.6 is 0 Å². The zero-order valence-electron chi connectivity index (χ0n) is 13.0. The average molecular weight is 262 g/mol. The molecule has 19 heavy (non-hydrogen) atoms. The van der Waals surface area contributed by atoms with Crippen molar-refractivity contribution in [2.45, 2.75) is 78.2 Å². The summed E-state index contributed by atoms with van der Waals surface area (Å²) in [6.07, 6.45) is 9.67. The molecule has 0 aromatic carbocycles. The van der Waals surface area contributed by atoms with Gasteiger partial charge in [-0.05, 0) is 73.5 Å². The zero-order valence-corrected chi connectivity index (χ0v) is 13.0. The second-order valence-electron chi connectivity index (χ2n) is 8.82. The molecule has 4 aliphatic carbocycles. The van der Waals surface area contributed by atoms with Crippen molar-refractivity contribution in [2.75, 3.05) is 0 Å². The molecule has 0 spiro atoms. The topological polar surface area (TPSA) is 20.2 Å². The van der Waals surface area contributed by atoms with Gasteiger partial charge >= 0.3 is 0 Å². The predicted octanol–water partition coefficient (Wildman–Crippen LogP) is 4.70. The number of hydrogen-bond donors (Lipinski definition) is 1. The summed E-state index contributed by atoms with van der Waals surface area (Å²) >= 11 is 0. The summed E-state index contributed by atoms with van der Waals surface area (Å²) < 4.78 is 0. The monoisotopic (exact) mass is 262 g/mol. The molecule has 3 unspecified atom stereocenters. The molecule has 0 aromatic rings. The van der Waals surface area contributed by atoms with Gasteiger partial charge in [-0.2, -0.15) is 0 Å². The summed E-state index contributed by atoms with van der Waals surface area (Å²) in [5.74, 6) is 0.871. The second-order valence-corrected chi connectivity index (χ2v) is 8.82. The normalized spacial score (nSPS) is 49.4. The van der Waals surface area contributed by atoms with Crippen LogP contribution in [0, 0.1) is 22.2 Å². The van der Waals surface area contributed by atoms with E-state index in [9.17, 15) is 5.11 Å². The molecule has 108 valence electrons. The van der Waals surface area contributed by atoms with Crippen LogP contribution in [-0.2, 0) is 0 Å². The van der Waals surface area contributed by atoms with Crippen LogP contribution in [0.15, 0.2) is 12.2 Å². The van der Waals surface area contributed by atoms with Crippen LogP contribution in [0.5, 0.6) is 0 Å². The Morgan fingerprint density at radius 2 is 1.74 bits per heavy atom. The third-order valence-corrected chi connectivity index (χ3v) is 6.36. The van der Waals surface area contributed by atoms with Gasteiger partial charge < -0.3 is 5.11 Å². The summed E-state index contributed by atoms with van der Waals surface area (Å²) in [5.41, 5.74) is 2.44. The molecule has 4 aliphatic rings. The molecular formula is C18H30O. The van der Waals surface area contributed by atoms with Gasteiger partial charge in [0.25, 0.3) is 0 Å². The Labute approximate surface area is 118 Å². The molecule has 1 heteroatoms. The molecule has 0 aromatic heterocycles.